The molecule has 0 spiro atoms. The number of rotatable bonds is 4. The van der Waals surface area contributed by atoms with E-state index in [0.29, 0.717) is 26.8 Å². The molecule has 7 nitrogen and oxygen atoms in total. The van der Waals surface area contributed by atoms with Gasteiger partial charge in [-0.1, -0.05) is 46.3 Å². The van der Waals surface area contributed by atoms with E-state index in [1.54, 1.807) is 23.0 Å². The van der Waals surface area contributed by atoms with E-state index < -0.39 is 0 Å². The van der Waals surface area contributed by atoms with Gasteiger partial charge >= 0.3 is 0 Å². The molecule has 0 unspecified atom stereocenters. The molecule has 140 valence electrons. The van der Waals surface area contributed by atoms with Crippen molar-refractivity contribution in [2.75, 3.05) is 5.43 Å². The van der Waals surface area contributed by atoms with Crippen LogP contribution in [0.25, 0.3) is 22.3 Å². The van der Waals surface area contributed by atoms with Crippen LogP contribution >= 0.6 is 31.9 Å². The first-order valence-corrected chi connectivity index (χ1v) is 9.84. The fourth-order valence-corrected chi connectivity index (χ4v) is 4.12. The third-order valence-electron chi connectivity index (χ3n) is 4.05. The highest BCUT2D eigenvalue weighted by atomic mass is 79.9. The molecule has 0 saturated carbocycles. The summed E-state index contributed by atoms with van der Waals surface area (Å²) in [5.74, 6) is -0.0207. The van der Waals surface area contributed by atoms with Crippen LogP contribution in [0.1, 0.15) is 0 Å². The van der Waals surface area contributed by atoms with E-state index in [9.17, 15) is 9.59 Å². The number of carbonyl (C=O) groups is 1. The zero-order chi connectivity index (χ0) is 19.7. The van der Waals surface area contributed by atoms with Gasteiger partial charge in [-0.3, -0.25) is 15.0 Å². The van der Waals surface area contributed by atoms with Gasteiger partial charge in [0.15, 0.2) is 5.82 Å². The Hall–Kier alpha value is -2.78. The maximum Gasteiger partial charge on any atom is 0.280 e. The predicted octanol–water partition coefficient (Wildman–Crippen LogP) is 3.56. The van der Waals surface area contributed by atoms with Gasteiger partial charge in [0.25, 0.3) is 11.5 Å². The van der Waals surface area contributed by atoms with Crippen LogP contribution in [-0.2, 0) is 11.3 Å². The molecule has 0 fully saturated rings. The molecule has 0 aliphatic carbocycles. The van der Waals surface area contributed by atoms with Crippen molar-refractivity contribution in [1.82, 2.24) is 19.2 Å². The fraction of sp³-hybridized carbons (Fsp3) is 0.0526. The Morgan fingerprint density at radius 3 is 2.64 bits per heavy atom. The zero-order valence-electron chi connectivity index (χ0n) is 14.3. The lowest BCUT2D eigenvalue weighted by Crippen LogP contribution is -2.36. The summed E-state index contributed by atoms with van der Waals surface area (Å²) in [6, 6.07) is 12.7. The second-order valence-corrected chi connectivity index (χ2v) is 7.77. The molecule has 0 bridgehead atoms. The van der Waals surface area contributed by atoms with Gasteiger partial charge in [0.1, 0.15) is 6.54 Å². The number of halogens is 2. The van der Waals surface area contributed by atoms with Gasteiger partial charge in [-0.2, -0.15) is 4.68 Å². The van der Waals surface area contributed by atoms with E-state index in [4.69, 9.17) is 0 Å². The maximum absolute atomic E-state index is 13.2. The van der Waals surface area contributed by atoms with E-state index in [-0.39, 0.29) is 18.0 Å². The summed E-state index contributed by atoms with van der Waals surface area (Å²) in [5, 5.41) is 0.379. The van der Waals surface area contributed by atoms with E-state index in [2.05, 4.69) is 47.3 Å². The van der Waals surface area contributed by atoms with Crippen molar-refractivity contribution in [3.63, 3.8) is 0 Å². The largest absolute Gasteiger partial charge is 0.328 e. The molecule has 0 atom stereocenters. The van der Waals surface area contributed by atoms with Gasteiger partial charge < -0.3 is 4.57 Å². The summed E-state index contributed by atoms with van der Waals surface area (Å²) < 4.78 is 4.22. The molecule has 2 aromatic heterocycles. The Bertz CT molecular complexity index is 1220. The molecule has 1 amide bonds. The van der Waals surface area contributed by atoms with Crippen LogP contribution in [0, 0.1) is 0 Å². The summed E-state index contributed by atoms with van der Waals surface area (Å²) in [6.07, 6.45) is 4.79. The summed E-state index contributed by atoms with van der Waals surface area (Å²) in [4.78, 5) is 34.3. The number of carbonyl (C=O) groups excluding carboxylic acids is 1. The van der Waals surface area contributed by atoms with Crippen LogP contribution < -0.4 is 11.0 Å². The SMILES string of the molecule is O=C(Cn1ccnc1)Nn1c(-c2ccccc2)nc2c(Br)cc(Br)cc2c1=O. The first kappa shape index (κ1) is 18.6. The number of fused-ring (bicyclic) bond motifs is 1. The Morgan fingerprint density at radius 1 is 1.14 bits per heavy atom. The smallest absolute Gasteiger partial charge is 0.280 e. The molecule has 2 heterocycles. The number of hydrogen-bond donors (Lipinski definition) is 1. The predicted molar refractivity (Wildman–Crippen MR) is 113 cm³/mol. The minimum Gasteiger partial charge on any atom is -0.328 e. The third-order valence-corrected chi connectivity index (χ3v) is 5.11. The van der Waals surface area contributed by atoms with Gasteiger partial charge in [0, 0.05) is 26.9 Å². The molecular weight excluding hydrogens is 490 g/mol. The number of amides is 1. The molecule has 4 aromatic rings. The molecule has 28 heavy (non-hydrogen) atoms. The average molecular weight is 503 g/mol. The second kappa shape index (κ2) is 7.69. The summed E-state index contributed by atoms with van der Waals surface area (Å²) in [5.41, 5.74) is 3.53. The maximum atomic E-state index is 13.2. The highest BCUT2D eigenvalue weighted by Crippen LogP contribution is 2.27. The second-order valence-electron chi connectivity index (χ2n) is 6.00. The van der Waals surface area contributed by atoms with Gasteiger partial charge in [-0.25, -0.2) is 9.97 Å². The quantitative estimate of drug-likeness (QED) is 0.462. The number of aromatic nitrogens is 4. The Balaban J connectivity index is 1.88. The van der Waals surface area contributed by atoms with Crippen molar-refractivity contribution in [1.29, 1.82) is 0 Å². The number of nitrogens with zero attached hydrogens (tertiary/aromatic N) is 4. The molecule has 0 aliphatic rings. The molecule has 1 N–H and O–H groups in total. The van der Waals surface area contributed by atoms with E-state index in [1.807, 2.05) is 36.4 Å². The lowest BCUT2D eigenvalue weighted by Gasteiger charge is -2.15. The molecule has 9 heteroatoms. The van der Waals surface area contributed by atoms with Gasteiger partial charge in [0.2, 0.25) is 0 Å². The fourth-order valence-electron chi connectivity index (χ4n) is 2.81. The van der Waals surface area contributed by atoms with Gasteiger partial charge in [0.05, 0.1) is 17.2 Å². The Morgan fingerprint density at radius 2 is 1.93 bits per heavy atom. The first-order chi connectivity index (χ1) is 13.5. The first-order valence-electron chi connectivity index (χ1n) is 8.26. The normalized spacial score (nSPS) is 10.9. The van der Waals surface area contributed by atoms with Crippen LogP contribution in [0.2, 0.25) is 0 Å². The number of hydrogen-bond acceptors (Lipinski definition) is 4. The summed E-state index contributed by atoms with van der Waals surface area (Å²) >= 11 is 6.86. The van der Waals surface area contributed by atoms with Gasteiger partial charge in [-0.15, -0.1) is 0 Å². The number of nitrogens with one attached hydrogen (secondary N) is 1. The van der Waals surface area contributed by atoms with Crippen LogP contribution in [0.5, 0.6) is 0 Å². The molecule has 2 aromatic carbocycles. The standard InChI is InChI=1S/C19H13Br2N5O2/c20-13-8-14-17(15(21)9-13)23-18(12-4-2-1-3-5-12)26(19(14)28)24-16(27)10-25-7-6-22-11-25/h1-9,11H,10H2,(H,24,27). The van der Waals surface area contributed by atoms with Gasteiger partial charge in [-0.05, 0) is 28.1 Å². The average Bonchev–Trinajstić information content (AvgIpc) is 3.18. The number of benzene rings is 2. The molecule has 0 saturated heterocycles. The molecular formula is C19H13Br2N5O2. The van der Waals surface area contributed by atoms with E-state index in [1.165, 1.54) is 11.0 Å². The number of imidazole rings is 1. The van der Waals surface area contributed by atoms with E-state index in [0.717, 1.165) is 4.47 Å². The lowest BCUT2D eigenvalue weighted by molar-refractivity contribution is -0.117. The summed E-state index contributed by atoms with van der Waals surface area (Å²) in [7, 11) is 0. The third kappa shape index (κ3) is 3.63. The molecule has 0 radical (unpaired) electrons. The monoisotopic (exact) mass is 501 g/mol. The van der Waals surface area contributed by atoms with Crippen LogP contribution in [0.4, 0.5) is 0 Å². The van der Waals surface area contributed by atoms with Crippen molar-refractivity contribution < 1.29 is 4.79 Å². The minimum absolute atomic E-state index is 0.0287. The Labute approximate surface area is 176 Å². The zero-order valence-corrected chi connectivity index (χ0v) is 17.5. The molecule has 4 rings (SSSR count). The lowest BCUT2D eigenvalue weighted by atomic mass is 10.2. The minimum atomic E-state index is -0.371. The Kier molecular flexibility index (Phi) is 5.10. The highest BCUT2D eigenvalue weighted by molar-refractivity contribution is 9.11. The summed E-state index contributed by atoms with van der Waals surface area (Å²) in [6.45, 7) is 0.0287. The van der Waals surface area contributed by atoms with Crippen LogP contribution in [0.15, 0.2) is 74.9 Å². The molecule has 0 aliphatic heterocycles. The van der Waals surface area contributed by atoms with E-state index >= 15 is 0 Å². The van der Waals surface area contributed by atoms with Crippen molar-refractivity contribution >= 4 is 48.7 Å². The topological polar surface area (TPSA) is 81.8 Å². The van der Waals surface area contributed by atoms with Crippen molar-refractivity contribution in [2.24, 2.45) is 0 Å². The van der Waals surface area contributed by atoms with Crippen LogP contribution in [-0.4, -0.2) is 25.1 Å². The van der Waals surface area contributed by atoms with Crippen molar-refractivity contribution in [3.05, 3.63) is 80.5 Å². The van der Waals surface area contributed by atoms with Crippen molar-refractivity contribution in [2.45, 2.75) is 6.54 Å². The highest BCUT2D eigenvalue weighted by Gasteiger charge is 2.17. The van der Waals surface area contributed by atoms with Crippen molar-refractivity contribution in [3.8, 4) is 11.4 Å². The van der Waals surface area contributed by atoms with Crippen LogP contribution in [0.3, 0.4) is 0 Å².